The van der Waals surface area contributed by atoms with E-state index in [9.17, 15) is 8.78 Å². The van der Waals surface area contributed by atoms with Gasteiger partial charge >= 0.3 is 0 Å². The number of nitrogens with one attached hydrogen (secondary N) is 1. The van der Waals surface area contributed by atoms with Gasteiger partial charge in [0.15, 0.2) is 5.13 Å². The predicted octanol–water partition coefficient (Wildman–Crippen LogP) is 3.44. The third-order valence-corrected chi connectivity index (χ3v) is 3.10. The van der Waals surface area contributed by atoms with Gasteiger partial charge in [-0.05, 0) is 24.6 Å². The summed E-state index contributed by atoms with van der Waals surface area (Å²) in [5.41, 5.74) is 0.942. The van der Waals surface area contributed by atoms with Crippen LogP contribution < -0.4 is 5.32 Å². The Balaban J connectivity index is 2.51. The maximum Gasteiger partial charge on any atom is 0.182 e. The first-order chi connectivity index (χ1) is 7.61. The molecule has 2 rings (SSSR count). The van der Waals surface area contributed by atoms with E-state index in [-0.39, 0.29) is 5.56 Å². The standard InChI is InChI=1S/C11H10F2N2S/c1-6-3-9(13)7(4-8(6)12)10-5-16-11(14-2)15-10/h3-5H,1-2H3,(H,14,15). The van der Waals surface area contributed by atoms with Crippen LogP contribution in [0.5, 0.6) is 0 Å². The van der Waals surface area contributed by atoms with Crippen LogP contribution in [0.15, 0.2) is 17.5 Å². The molecule has 0 aliphatic carbocycles. The fraction of sp³-hybridized carbons (Fsp3) is 0.182. The first kappa shape index (κ1) is 11.0. The molecule has 0 amide bonds. The summed E-state index contributed by atoms with van der Waals surface area (Å²) in [6.07, 6.45) is 0. The molecular weight excluding hydrogens is 230 g/mol. The zero-order chi connectivity index (χ0) is 11.7. The van der Waals surface area contributed by atoms with E-state index in [0.717, 1.165) is 0 Å². The van der Waals surface area contributed by atoms with Crippen LogP contribution in [0, 0.1) is 18.6 Å². The fourth-order valence-electron chi connectivity index (χ4n) is 1.35. The number of rotatable bonds is 2. The molecule has 0 radical (unpaired) electrons. The SMILES string of the molecule is CNc1nc(-c2cc(F)c(C)cc2F)cs1. The lowest BCUT2D eigenvalue weighted by Crippen LogP contribution is -1.91. The Morgan fingerprint density at radius 3 is 2.62 bits per heavy atom. The van der Waals surface area contributed by atoms with Gasteiger partial charge in [-0.15, -0.1) is 11.3 Å². The van der Waals surface area contributed by atoms with E-state index in [1.165, 1.54) is 30.4 Å². The number of aryl methyl sites for hydroxylation is 1. The highest BCUT2D eigenvalue weighted by Gasteiger charge is 2.12. The van der Waals surface area contributed by atoms with Gasteiger partial charge in [0, 0.05) is 18.0 Å². The molecule has 0 fully saturated rings. The Bertz CT molecular complexity index is 523. The van der Waals surface area contributed by atoms with Crippen LogP contribution in [0.2, 0.25) is 0 Å². The molecule has 0 spiro atoms. The van der Waals surface area contributed by atoms with E-state index in [1.54, 1.807) is 12.4 Å². The van der Waals surface area contributed by atoms with Gasteiger partial charge in [0.25, 0.3) is 0 Å². The molecule has 0 unspecified atom stereocenters. The zero-order valence-electron chi connectivity index (χ0n) is 8.84. The third kappa shape index (κ3) is 1.90. The molecule has 1 N–H and O–H groups in total. The molecule has 5 heteroatoms. The topological polar surface area (TPSA) is 24.9 Å². The number of thiazole rings is 1. The Morgan fingerprint density at radius 1 is 1.25 bits per heavy atom. The van der Waals surface area contributed by atoms with E-state index in [2.05, 4.69) is 10.3 Å². The van der Waals surface area contributed by atoms with Gasteiger partial charge in [0.1, 0.15) is 11.6 Å². The minimum Gasteiger partial charge on any atom is -0.365 e. The molecule has 0 bridgehead atoms. The average molecular weight is 240 g/mol. The number of benzene rings is 1. The summed E-state index contributed by atoms with van der Waals surface area (Å²) in [6.45, 7) is 1.53. The van der Waals surface area contributed by atoms with E-state index in [4.69, 9.17) is 0 Å². The smallest absolute Gasteiger partial charge is 0.182 e. The van der Waals surface area contributed by atoms with Gasteiger partial charge in [0.05, 0.1) is 5.69 Å². The van der Waals surface area contributed by atoms with Crippen LogP contribution in [-0.2, 0) is 0 Å². The van der Waals surface area contributed by atoms with Crippen LogP contribution in [-0.4, -0.2) is 12.0 Å². The van der Waals surface area contributed by atoms with Crippen molar-refractivity contribution in [3.8, 4) is 11.3 Å². The lowest BCUT2D eigenvalue weighted by Gasteiger charge is -2.02. The molecule has 2 nitrogen and oxygen atoms in total. The van der Waals surface area contributed by atoms with Crippen LogP contribution in [0.1, 0.15) is 5.56 Å². The summed E-state index contributed by atoms with van der Waals surface area (Å²) < 4.78 is 26.9. The molecule has 0 saturated carbocycles. The first-order valence-corrected chi connectivity index (χ1v) is 5.59. The Morgan fingerprint density at radius 2 is 2.00 bits per heavy atom. The lowest BCUT2D eigenvalue weighted by atomic mass is 10.1. The Labute approximate surface area is 96.0 Å². The highest BCUT2D eigenvalue weighted by atomic mass is 32.1. The van der Waals surface area contributed by atoms with Crippen LogP contribution in [0.25, 0.3) is 11.3 Å². The Kier molecular flexibility index (Phi) is 2.87. The number of anilines is 1. The molecular formula is C11H10F2N2S. The van der Waals surface area contributed by atoms with Crippen LogP contribution in [0.3, 0.4) is 0 Å². The van der Waals surface area contributed by atoms with E-state index in [0.29, 0.717) is 16.4 Å². The highest BCUT2D eigenvalue weighted by molar-refractivity contribution is 7.14. The summed E-state index contributed by atoms with van der Waals surface area (Å²) in [5.74, 6) is -0.873. The molecule has 0 atom stereocenters. The molecule has 1 heterocycles. The summed E-state index contributed by atoms with van der Waals surface area (Å²) in [7, 11) is 1.73. The fourth-order valence-corrected chi connectivity index (χ4v) is 2.03. The van der Waals surface area contributed by atoms with Crippen molar-refractivity contribution in [3.63, 3.8) is 0 Å². The van der Waals surface area contributed by atoms with Gasteiger partial charge in [-0.1, -0.05) is 0 Å². The number of aromatic nitrogens is 1. The maximum absolute atomic E-state index is 13.6. The molecule has 16 heavy (non-hydrogen) atoms. The van der Waals surface area contributed by atoms with Gasteiger partial charge in [0.2, 0.25) is 0 Å². The highest BCUT2D eigenvalue weighted by Crippen LogP contribution is 2.28. The van der Waals surface area contributed by atoms with Crippen molar-refractivity contribution in [1.29, 1.82) is 0 Å². The second-order valence-electron chi connectivity index (χ2n) is 3.37. The second kappa shape index (κ2) is 4.17. The van der Waals surface area contributed by atoms with Crippen molar-refractivity contribution in [2.24, 2.45) is 0 Å². The van der Waals surface area contributed by atoms with Gasteiger partial charge in [-0.2, -0.15) is 0 Å². The molecule has 0 saturated heterocycles. The average Bonchev–Trinajstić information content (AvgIpc) is 2.71. The molecule has 1 aromatic carbocycles. The van der Waals surface area contributed by atoms with Gasteiger partial charge in [-0.3, -0.25) is 0 Å². The number of hydrogen-bond donors (Lipinski definition) is 1. The van der Waals surface area contributed by atoms with E-state index >= 15 is 0 Å². The van der Waals surface area contributed by atoms with E-state index < -0.39 is 11.6 Å². The van der Waals surface area contributed by atoms with Crippen molar-refractivity contribution >= 4 is 16.5 Å². The van der Waals surface area contributed by atoms with Gasteiger partial charge < -0.3 is 5.32 Å². The largest absolute Gasteiger partial charge is 0.365 e. The number of hydrogen-bond acceptors (Lipinski definition) is 3. The molecule has 1 aromatic heterocycles. The molecule has 2 aromatic rings. The lowest BCUT2D eigenvalue weighted by molar-refractivity contribution is 0.595. The Hall–Kier alpha value is -1.49. The summed E-state index contributed by atoms with van der Waals surface area (Å²) in [6, 6.07) is 2.36. The van der Waals surface area contributed by atoms with E-state index in [1.807, 2.05) is 0 Å². The quantitative estimate of drug-likeness (QED) is 0.869. The minimum absolute atomic E-state index is 0.195. The predicted molar refractivity (Wildman–Crippen MR) is 61.7 cm³/mol. The van der Waals surface area contributed by atoms with Crippen molar-refractivity contribution in [2.45, 2.75) is 6.92 Å². The molecule has 0 aliphatic rings. The molecule has 84 valence electrons. The normalized spacial score (nSPS) is 10.5. The number of halogens is 2. The van der Waals surface area contributed by atoms with Crippen molar-refractivity contribution in [1.82, 2.24) is 4.98 Å². The minimum atomic E-state index is -0.452. The van der Waals surface area contributed by atoms with Crippen molar-refractivity contribution < 1.29 is 8.78 Å². The van der Waals surface area contributed by atoms with Crippen molar-refractivity contribution in [2.75, 3.05) is 12.4 Å². The first-order valence-electron chi connectivity index (χ1n) is 4.71. The summed E-state index contributed by atoms with van der Waals surface area (Å²) in [5, 5.41) is 5.22. The zero-order valence-corrected chi connectivity index (χ0v) is 9.66. The maximum atomic E-state index is 13.6. The monoisotopic (exact) mass is 240 g/mol. The van der Waals surface area contributed by atoms with Gasteiger partial charge in [-0.25, -0.2) is 13.8 Å². The second-order valence-corrected chi connectivity index (χ2v) is 4.23. The van der Waals surface area contributed by atoms with Crippen molar-refractivity contribution in [3.05, 3.63) is 34.7 Å². The summed E-state index contributed by atoms with van der Waals surface area (Å²) >= 11 is 1.35. The van der Waals surface area contributed by atoms with Crippen LogP contribution in [0.4, 0.5) is 13.9 Å². The number of nitrogens with zero attached hydrogens (tertiary/aromatic N) is 1. The summed E-state index contributed by atoms with van der Waals surface area (Å²) in [4.78, 5) is 4.13. The molecule has 0 aliphatic heterocycles. The van der Waals surface area contributed by atoms with Crippen LogP contribution >= 0.6 is 11.3 Å². The third-order valence-electron chi connectivity index (χ3n) is 2.24.